The van der Waals surface area contributed by atoms with Crippen LogP contribution >= 0.6 is 0 Å². The van der Waals surface area contributed by atoms with Gasteiger partial charge in [-0.25, -0.2) is 4.39 Å². The van der Waals surface area contributed by atoms with E-state index >= 15 is 0 Å². The van der Waals surface area contributed by atoms with Crippen molar-refractivity contribution in [2.75, 3.05) is 7.05 Å². The minimum absolute atomic E-state index is 0.177. The molecule has 0 aromatic heterocycles. The summed E-state index contributed by atoms with van der Waals surface area (Å²) in [7, 11) is 2.06. The third kappa shape index (κ3) is 1.79. The van der Waals surface area contributed by atoms with Crippen molar-refractivity contribution in [2.45, 2.75) is 31.3 Å². The van der Waals surface area contributed by atoms with E-state index in [1.165, 1.54) is 6.07 Å². The minimum atomic E-state index is -0.263. The van der Waals surface area contributed by atoms with Crippen LogP contribution in [0.1, 0.15) is 24.8 Å². The van der Waals surface area contributed by atoms with E-state index in [0.29, 0.717) is 18.0 Å². The van der Waals surface area contributed by atoms with E-state index in [9.17, 15) is 9.18 Å². The molecule has 2 nitrogen and oxygen atoms in total. The van der Waals surface area contributed by atoms with Crippen molar-refractivity contribution in [3.05, 3.63) is 41.2 Å². The normalized spacial score (nSPS) is 30.1. The van der Waals surface area contributed by atoms with Crippen LogP contribution in [0.25, 0.3) is 6.08 Å². The second-order valence-corrected chi connectivity index (χ2v) is 5.16. The molecule has 0 unspecified atom stereocenters. The van der Waals surface area contributed by atoms with E-state index in [-0.39, 0.29) is 17.6 Å². The number of halogens is 1. The van der Waals surface area contributed by atoms with Gasteiger partial charge in [0.2, 0.25) is 0 Å². The van der Waals surface area contributed by atoms with Gasteiger partial charge >= 0.3 is 0 Å². The van der Waals surface area contributed by atoms with Crippen molar-refractivity contribution >= 4 is 11.9 Å². The highest BCUT2D eigenvalue weighted by atomic mass is 19.1. The Hall–Kier alpha value is -1.48. The molecule has 18 heavy (non-hydrogen) atoms. The molecule has 0 radical (unpaired) electrons. The number of benzene rings is 1. The Kier molecular flexibility index (Phi) is 2.78. The summed E-state index contributed by atoms with van der Waals surface area (Å²) in [6, 6.07) is 7.18. The zero-order valence-electron chi connectivity index (χ0n) is 10.4. The summed E-state index contributed by atoms with van der Waals surface area (Å²) in [5.41, 5.74) is 1.29. The standard InChI is InChI=1S/C15H16FNO/c1-17-11-6-7-14(17)12(15(18)9-11)8-10-4-2-3-5-13(10)16/h2-5,8,11,14H,6-7,9H2,1H3/b12-8-/t11-,14-/m0/s1. The van der Waals surface area contributed by atoms with Crippen molar-refractivity contribution in [2.24, 2.45) is 0 Å². The number of carbonyl (C=O) groups excluding carboxylic acids is 1. The number of likely N-dealkylation sites (N-methyl/N-ethyl adjacent to an activating group) is 1. The van der Waals surface area contributed by atoms with Crippen molar-refractivity contribution < 1.29 is 9.18 Å². The second kappa shape index (κ2) is 4.32. The van der Waals surface area contributed by atoms with Crippen LogP contribution in [0.2, 0.25) is 0 Å². The maximum atomic E-state index is 13.6. The molecule has 0 spiro atoms. The topological polar surface area (TPSA) is 20.3 Å². The van der Waals surface area contributed by atoms with Gasteiger partial charge in [0.1, 0.15) is 5.82 Å². The predicted molar refractivity (Wildman–Crippen MR) is 68.6 cm³/mol. The molecule has 94 valence electrons. The molecule has 0 N–H and O–H groups in total. The number of nitrogens with zero attached hydrogens (tertiary/aromatic N) is 1. The molecule has 2 fully saturated rings. The zero-order chi connectivity index (χ0) is 12.7. The lowest BCUT2D eigenvalue weighted by atomic mass is 9.94. The summed E-state index contributed by atoms with van der Waals surface area (Å²) in [6.45, 7) is 0. The average Bonchev–Trinajstić information content (AvgIpc) is 2.61. The Balaban J connectivity index is 2.00. The summed E-state index contributed by atoms with van der Waals surface area (Å²) in [5, 5.41) is 0. The Bertz CT molecular complexity index is 523. The average molecular weight is 245 g/mol. The number of Topliss-reactive ketones (excluding diaryl/α,β-unsaturated/α-hetero) is 1. The van der Waals surface area contributed by atoms with Crippen LogP contribution in [0.5, 0.6) is 0 Å². The number of fused-ring (bicyclic) bond motifs is 2. The monoisotopic (exact) mass is 245 g/mol. The molecule has 2 atom stereocenters. The van der Waals surface area contributed by atoms with E-state index in [0.717, 1.165) is 18.4 Å². The highest BCUT2D eigenvalue weighted by Gasteiger charge is 2.41. The maximum absolute atomic E-state index is 13.6. The van der Waals surface area contributed by atoms with Gasteiger partial charge in [0.15, 0.2) is 5.78 Å². The minimum Gasteiger partial charge on any atom is -0.296 e. The molecule has 3 rings (SSSR count). The molecular formula is C15H16FNO. The molecule has 2 saturated heterocycles. The van der Waals surface area contributed by atoms with Gasteiger partial charge in [0.25, 0.3) is 0 Å². The van der Waals surface area contributed by atoms with Gasteiger partial charge in [-0.2, -0.15) is 0 Å². The Morgan fingerprint density at radius 1 is 1.33 bits per heavy atom. The van der Waals surface area contributed by atoms with Gasteiger partial charge in [0, 0.05) is 29.6 Å². The number of ketones is 1. The third-order valence-corrected chi connectivity index (χ3v) is 4.16. The first-order chi connectivity index (χ1) is 8.66. The molecule has 3 heteroatoms. The maximum Gasteiger partial charge on any atom is 0.162 e. The van der Waals surface area contributed by atoms with Crippen molar-refractivity contribution in [1.82, 2.24) is 4.90 Å². The third-order valence-electron chi connectivity index (χ3n) is 4.16. The molecule has 0 saturated carbocycles. The van der Waals surface area contributed by atoms with Gasteiger partial charge in [-0.3, -0.25) is 9.69 Å². The van der Waals surface area contributed by atoms with Crippen molar-refractivity contribution in [3.63, 3.8) is 0 Å². The fourth-order valence-electron chi connectivity index (χ4n) is 3.09. The molecule has 1 aromatic carbocycles. The molecule has 1 aromatic rings. The lowest BCUT2D eigenvalue weighted by Crippen LogP contribution is -2.41. The quantitative estimate of drug-likeness (QED) is 0.709. The van der Waals surface area contributed by atoms with E-state index < -0.39 is 0 Å². The predicted octanol–water partition coefficient (Wildman–Crippen LogP) is 2.64. The van der Waals surface area contributed by atoms with Gasteiger partial charge in [-0.05, 0) is 32.0 Å². The van der Waals surface area contributed by atoms with Crippen LogP contribution in [0.4, 0.5) is 4.39 Å². The fraction of sp³-hybridized carbons (Fsp3) is 0.400. The lowest BCUT2D eigenvalue weighted by molar-refractivity contribution is -0.118. The first kappa shape index (κ1) is 11.6. The number of carbonyl (C=O) groups is 1. The molecule has 2 bridgehead atoms. The van der Waals surface area contributed by atoms with E-state index in [4.69, 9.17) is 0 Å². The summed E-state index contributed by atoms with van der Waals surface area (Å²) in [4.78, 5) is 14.4. The van der Waals surface area contributed by atoms with Gasteiger partial charge in [-0.15, -0.1) is 0 Å². The highest BCUT2D eigenvalue weighted by molar-refractivity contribution is 6.02. The first-order valence-corrected chi connectivity index (χ1v) is 6.38. The van der Waals surface area contributed by atoms with E-state index in [1.807, 2.05) is 0 Å². The second-order valence-electron chi connectivity index (χ2n) is 5.16. The Morgan fingerprint density at radius 3 is 2.89 bits per heavy atom. The van der Waals surface area contributed by atoms with E-state index in [2.05, 4.69) is 11.9 Å². The summed E-state index contributed by atoms with van der Waals surface area (Å²) in [5.74, 6) is -0.0792. The van der Waals surface area contributed by atoms with Gasteiger partial charge in [0.05, 0.1) is 0 Å². The Morgan fingerprint density at radius 2 is 2.11 bits per heavy atom. The van der Waals surface area contributed by atoms with Gasteiger partial charge < -0.3 is 0 Å². The van der Waals surface area contributed by atoms with Crippen LogP contribution < -0.4 is 0 Å². The van der Waals surface area contributed by atoms with Crippen LogP contribution in [0.3, 0.4) is 0 Å². The van der Waals surface area contributed by atoms with E-state index in [1.54, 1.807) is 24.3 Å². The van der Waals surface area contributed by atoms with Crippen molar-refractivity contribution in [1.29, 1.82) is 0 Å². The molecule has 2 aliphatic rings. The van der Waals surface area contributed by atoms with Crippen LogP contribution in [-0.4, -0.2) is 29.8 Å². The smallest absolute Gasteiger partial charge is 0.162 e. The summed E-state index contributed by atoms with van der Waals surface area (Å²) < 4.78 is 13.6. The Labute approximate surface area is 106 Å². The molecule has 0 amide bonds. The molecular weight excluding hydrogens is 229 g/mol. The lowest BCUT2D eigenvalue weighted by Gasteiger charge is -2.32. The number of rotatable bonds is 1. The first-order valence-electron chi connectivity index (χ1n) is 6.38. The van der Waals surface area contributed by atoms with Gasteiger partial charge in [-0.1, -0.05) is 18.2 Å². The zero-order valence-corrected chi connectivity index (χ0v) is 10.4. The number of hydrogen-bond donors (Lipinski definition) is 0. The molecule has 2 heterocycles. The highest BCUT2D eigenvalue weighted by Crippen LogP contribution is 2.36. The number of hydrogen-bond acceptors (Lipinski definition) is 2. The summed E-state index contributed by atoms with van der Waals surface area (Å²) in [6.07, 6.45) is 4.39. The molecule has 0 aliphatic carbocycles. The van der Waals surface area contributed by atoms with Crippen molar-refractivity contribution in [3.8, 4) is 0 Å². The van der Waals surface area contributed by atoms with Crippen LogP contribution in [0.15, 0.2) is 29.8 Å². The number of piperidine rings is 1. The molecule has 2 aliphatic heterocycles. The largest absolute Gasteiger partial charge is 0.296 e. The fourth-order valence-corrected chi connectivity index (χ4v) is 3.09. The SMILES string of the molecule is CN1[C@H]2CC[C@H]1/C(=C/c1ccccc1F)C(=O)C2. The van der Waals surface area contributed by atoms with Crippen LogP contribution in [0, 0.1) is 5.82 Å². The van der Waals surface area contributed by atoms with Crippen LogP contribution in [-0.2, 0) is 4.79 Å². The summed E-state index contributed by atoms with van der Waals surface area (Å²) >= 11 is 0.